The van der Waals surface area contributed by atoms with Crippen LogP contribution in [-0.4, -0.2) is 47.3 Å². The number of amides is 1. The molecule has 0 saturated carbocycles. The van der Waals surface area contributed by atoms with Crippen LogP contribution in [0.15, 0.2) is 58.5 Å². The van der Waals surface area contributed by atoms with E-state index in [-0.39, 0.29) is 0 Å². The summed E-state index contributed by atoms with van der Waals surface area (Å²) in [6.07, 6.45) is 0.982. The van der Waals surface area contributed by atoms with Crippen molar-refractivity contribution >= 4 is 34.4 Å². The van der Waals surface area contributed by atoms with E-state index in [1.807, 2.05) is 12.3 Å². The molecule has 0 unspecified atom stereocenters. The number of fused-ring (bicyclic) bond motifs is 1. The van der Waals surface area contributed by atoms with Crippen LogP contribution in [0.25, 0.3) is 10.8 Å². The number of benzene rings is 2. The van der Waals surface area contributed by atoms with Crippen LogP contribution in [0.1, 0.15) is 11.1 Å². The Morgan fingerprint density at radius 3 is 2.36 bits per heavy atom. The molecule has 1 saturated heterocycles. The van der Waals surface area contributed by atoms with Crippen molar-refractivity contribution in [3.63, 3.8) is 0 Å². The predicted molar refractivity (Wildman–Crippen MR) is 114 cm³/mol. The number of aryl methyl sites for hydroxylation is 2. The fourth-order valence-electron chi connectivity index (χ4n) is 3.69. The zero-order valence-electron chi connectivity index (χ0n) is 16.1. The fourth-order valence-corrected chi connectivity index (χ4v) is 4.76. The summed E-state index contributed by atoms with van der Waals surface area (Å²) >= 11 is 1.76. The molecule has 0 atom stereocenters. The Kier molecular flexibility index (Phi) is 5.13. The van der Waals surface area contributed by atoms with Gasteiger partial charge >= 0.3 is 6.09 Å². The van der Waals surface area contributed by atoms with Crippen molar-refractivity contribution in [2.45, 2.75) is 23.6 Å². The van der Waals surface area contributed by atoms with Gasteiger partial charge in [-0.15, -0.1) is 0 Å². The molecular weight excluding hydrogens is 370 g/mol. The van der Waals surface area contributed by atoms with Crippen molar-refractivity contribution in [1.29, 1.82) is 0 Å². The maximum Gasteiger partial charge on any atom is 0.407 e. The van der Waals surface area contributed by atoms with E-state index in [1.54, 1.807) is 11.8 Å². The standard InChI is InChI=1S/C22H23N3O2S/c1-15-11-16(2)13-19(12-15)28-18-4-3-17-5-6-23-21(20(17)14-18)24-7-9-25(10-8-24)22(26)27/h3-6,11-14H,7-10H2,1-2H3,(H,26,27). The highest BCUT2D eigenvalue weighted by Gasteiger charge is 2.22. The van der Waals surface area contributed by atoms with E-state index >= 15 is 0 Å². The quantitative estimate of drug-likeness (QED) is 0.692. The lowest BCUT2D eigenvalue weighted by atomic mass is 10.1. The highest BCUT2D eigenvalue weighted by molar-refractivity contribution is 7.99. The fraction of sp³-hybridized carbons (Fsp3) is 0.273. The van der Waals surface area contributed by atoms with E-state index in [4.69, 9.17) is 0 Å². The molecule has 4 rings (SSSR count). The van der Waals surface area contributed by atoms with Crippen LogP contribution in [0.5, 0.6) is 0 Å². The number of carbonyl (C=O) groups is 1. The second kappa shape index (κ2) is 7.72. The average molecular weight is 394 g/mol. The van der Waals surface area contributed by atoms with Crippen LogP contribution in [-0.2, 0) is 0 Å². The number of nitrogens with zero attached hydrogens (tertiary/aromatic N) is 3. The summed E-state index contributed by atoms with van der Waals surface area (Å²) in [6, 6.07) is 15.1. The van der Waals surface area contributed by atoms with E-state index in [0.717, 1.165) is 16.6 Å². The Hall–Kier alpha value is -2.73. The van der Waals surface area contributed by atoms with Crippen molar-refractivity contribution in [1.82, 2.24) is 9.88 Å². The summed E-state index contributed by atoms with van der Waals surface area (Å²) in [5.74, 6) is 0.936. The molecule has 1 aliphatic heterocycles. The van der Waals surface area contributed by atoms with Gasteiger partial charge in [0.1, 0.15) is 5.82 Å². The second-order valence-corrected chi connectivity index (χ2v) is 8.35. The Bertz CT molecular complexity index is 1010. The zero-order chi connectivity index (χ0) is 19.7. The second-order valence-electron chi connectivity index (χ2n) is 7.20. The Morgan fingerprint density at radius 1 is 0.964 bits per heavy atom. The minimum Gasteiger partial charge on any atom is -0.465 e. The number of carboxylic acid groups (broad SMARTS) is 1. The molecule has 6 heteroatoms. The highest BCUT2D eigenvalue weighted by Crippen LogP contribution is 2.34. The van der Waals surface area contributed by atoms with Gasteiger partial charge in [0.05, 0.1) is 0 Å². The summed E-state index contributed by atoms with van der Waals surface area (Å²) in [5.41, 5.74) is 2.53. The molecule has 0 aliphatic carbocycles. The molecule has 3 aromatic rings. The van der Waals surface area contributed by atoms with Gasteiger partial charge in [-0.3, -0.25) is 0 Å². The molecule has 0 radical (unpaired) electrons. The number of anilines is 1. The van der Waals surface area contributed by atoms with Gasteiger partial charge in [-0.1, -0.05) is 23.9 Å². The third-order valence-corrected chi connectivity index (χ3v) is 5.96. The average Bonchev–Trinajstić information content (AvgIpc) is 2.67. The van der Waals surface area contributed by atoms with Crippen molar-refractivity contribution in [3.8, 4) is 0 Å². The molecule has 0 spiro atoms. The Balaban J connectivity index is 1.63. The minimum atomic E-state index is -0.849. The first-order valence-corrected chi connectivity index (χ1v) is 10.2. The van der Waals surface area contributed by atoms with Crippen molar-refractivity contribution < 1.29 is 9.90 Å². The first-order chi connectivity index (χ1) is 13.5. The van der Waals surface area contributed by atoms with Gasteiger partial charge in [-0.2, -0.15) is 0 Å². The van der Waals surface area contributed by atoms with Crippen molar-refractivity contribution in [2.75, 3.05) is 31.1 Å². The van der Waals surface area contributed by atoms with Gasteiger partial charge in [-0.05, 0) is 60.7 Å². The third kappa shape index (κ3) is 3.92. The molecule has 144 valence electrons. The number of hydrogen-bond acceptors (Lipinski definition) is 4. The van der Waals surface area contributed by atoms with Crippen LogP contribution in [0.2, 0.25) is 0 Å². The summed E-state index contributed by atoms with van der Waals surface area (Å²) < 4.78 is 0. The Labute approximate surface area is 169 Å². The lowest BCUT2D eigenvalue weighted by Gasteiger charge is -2.34. The summed E-state index contributed by atoms with van der Waals surface area (Å²) in [7, 11) is 0. The number of piperazine rings is 1. The first kappa shape index (κ1) is 18.6. The summed E-state index contributed by atoms with van der Waals surface area (Å²) in [5, 5.41) is 11.4. The first-order valence-electron chi connectivity index (χ1n) is 9.37. The van der Waals surface area contributed by atoms with Crippen LogP contribution in [0.4, 0.5) is 10.6 Å². The van der Waals surface area contributed by atoms with Crippen molar-refractivity contribution in [2.24, 2.45) is 0 Å². The number of hydrogen-bond donors (Lipinski definition) is 1. The lowest BCUT2D eigenvalue weighted by Crippen LogP contribution is -2.48. The van der Waals surface area contributed by atoms with Crippen LogP contribution in [0.3, 0.4) is 0 Å². The van der Waals surface area contributed by atoms with E-state index in [9.17, 15) is 9.90 Å². The molecule has 1 N–H and O–H groups in total. The number of aromatic nitrogens is 1. The van der Waals surface area contributed by atoms with Gasteiger partial charge < -0.3 is 14.9 Å². The molecule has 1 amide bonds. The molecule has 5 nitrogen and oxygen atoms in total. The van der Waals surface area contributed by atoms with Gasteiger partial charge in [0.25, 0.3) is 0 Å². The maximum absolute atomic E-state index is 11.2. The lowest BCUT2D eigenvalue weighted by molar-refractivity contribution is 0.142. The normalized spacial score (nSPS) is 14.5. The number of rotatable bonds is 3. The van der Waals surface area contributed by atoms with Gasteiger partial charge in [0.2, 0.25) is 0 Å². The highest BCUT2D eigenvalue weighted by atomic mass is 32.2. The van der Waals surface area contributed by atoms with Crippen LogP contribution in [0, 0.1) is 13.8 Å². The van der Waals surface area contributed by atoms with E-state index in [1.165, 1.54) is 25.8 Å². The van der Waals surface area contributed by atoms with Crippen LogP contribution < -0.4 is 4.90 Å². The van der Waals surface area contributed by atoms with Gasteiger partial charge in [0, 0.05) is 47.6 Å². The molecule has 1 fully saturated rings. The zero-order valence-corrected chi connectivity index (χ0v) is 16.9. The third-order valence-electron chi connectivity index (χ3n) is 5.00. The molecule has 2 heterocycles. The summed E-state index contributed by atoms with van der Waals surface area (Å²) in [4.78, 5) is 21.9. The molecule has 2 aromatic carbocycles. The van der Waals surface area contributed by atoms with E-state index < -0.39 is 6.09 Å². The van der Waals surface area contributed by atoms with Crippen molar-refractivity contribution in [3.05, 3.63) is 59.8 Å². The van der Waals surface area contributed by atoms with Gasteiger partial charge in [-0.25, -0.2) is 9.78 Å². The van der Waals surface area contributed by atoms with Crippen LogP contribution >= 0.6 is 11.8 Å². The predicted octanol–water partition coefficient (Wildman–Crippen LogP) is 4.80. The number of pyridine rings is 1. The molecule has 0 bridgehead atoms. The monoisotopic (exact) mass is 393 g/mol. The molecule has 1 aromatic heterocycles. The largest absolute Gasteiger partial charge is 0.465 e. The SMILES string of the molecule is Cc1cc(C)cc(Sc2ccc3ccnc(N4CCN(C(=O)O)CC4)c3c2)c1. The smallest absolute Gasteiger partial charge is 0.407 e. The molecule has 1 aliphatic rings. The minimum absolute atomic E-state index is 0.504. The molecule has 28 heavy (non-hydrogen) atoms. The maximum atomic E-state index is 11.2. The summed E-state index contributed by atoms with van der Waals surface area (Å²) in [6.45, 7) is 6.57. The van der Waals surface area contributed by atoms with E-state index in [0.29, 0.717) is 26.2 Å². The van der Waals surface area contributed by atoms with E-state index in [2.05, 4.69) is 60.1 Å². The van der Waals surface area contributed by atoms with Gasteiger partial charge in [0.15, 0.2) is 0 Å². The Morgan fingerprint density at radius 2 is 1.68 bits per heavy atom. The topological polar surface area (TPSA) is 56.7 Å². The molecular formula is C22H23N3O2S.